The quantitative estimate of drug-likeness (QED) is 0.617. The van der Waals surface area contributed by atoms with Crippen molar-refractivity contribution in [2.75, 3.05) is 0 Å². The Morgan fingerprint density at radius 2 is 2.25 bits per heavy atom. The number of pyridine rings is 1. The predicted molar refractivity (Wildman–Crippen MR) is 47.1 cm³/mol. The lowest BCUT2D eigenvalue weighted by molar-refractivity contribution is -0.117. The Kier molecular flexibility index (Phi) is 3.14. The van der Waals surface area contributed by atoms with Crippen LogP contribution in [-0.2, 0) is 4.79 Å². The summed E-state index contributed by atoms with van der Waals surface area (Å²) in [5, 5.41) is 0. The fraction of sp³-hybridized carbons (Fsp3) is 0.222. The zero-order valence-corrected chi connectivity index (χ0v) is 6.90. The molecule has 0 saturated carbocycles. The molecule has 1 rings (SSSR count). The van der Waals surface area contributed by atoms with E-state index in [1.54, 1.807) is 37.7 Å². The van der Waals surface area contributed by atoms with Crippen molar-refractivity contribution in [2.45, 2.75) is 13.3 Å². The summed E-state index contributed by atoms with van der Waals surface area (Å²) >= 11 is 0. The Morgan fingerprint density at radius 3 is 2.83 bits per heavy atom. The first-order valence-electron chi connectivity index (χ1n) is 3.80. The fourth-order valence-corrected chi connectivity index (χ4v) is 0.687. The molecule has 12 heavy (non-hydrogen) atoms. The molecule has 62 valence electrons. The van der Waals surface area contributed by atoms with Crippen LogP contribution >= 0.6 is 0 Å². The first-order valence-corrected chi connectivity index (χ1v) is 3.80. The normalized spacial score (nSPS) is 10.4. The second-order valence-electron chi connectivity index (χ2n) is 2.29. The third-order valence-electron chi connectivity index (χ3n) is 1.37. The van der Waals surface area contributed by atoms with Crippen molar-refractivity contribution in [3.63, 3.8) is 0 Å². The monoisotopic (exact) mass is 162 g/mol. The molecule has 0 bridgehead atoms. The topological polar surface area (TPSA) is 42.3 Å². The van der Waals surface area contributed by atoms with Gasteiger partial charge in [0.15, 0.2) is 0 Å². The molecule has 1 amide bonds. The van der Waals surface area contributed by atoms with E-state index < -0.39 is 0 Å². The highest BCUT2D eigenvalue weighted by Gasteiger charge is 1.90. The number of amides is 1. The molecule has 0 aliphatic rings. The van der Waals surface area contributed by atoms with Crippen LogP contribution in [0.4, 0.5) is 0 Å². The molecule has 1 aromatic heterocycles. The summed E-state index contributed by atoms with van der Waals surface area (Å²) in [6.45, 7) is 1.78. The highest BCUT2D eigenvalue weighted by molar-refractivity contribution is 5.91. The van der Waals surface area contributed by atoms with E-state index in [9.17, 15) is 4.79 Å². The molecular formula is C9H10N2O. The van der Waals surface area contributed by atoms with Gasteiger partial charge in [-0.2, -0.15) is 0 Å². The molecule has 1 heterocycles. The lowest BCUT2D eigenvalue weighted by Crippen LogP contribution is -1.90. The van der Waals surface area contributed by atoms with Crippen LogP contribution in [0.15, 0.2) is 29.5 Å². The molecular weight excluding hydrogens is 152 g/mol. The Hall–Kier alpha value is -1.51. The largest absolute Gasteiger partial charge is 0.273 e. The number of hydrogen-bond donors (Lipinski definition) is 0. The number of aliphatic imine (C=N–C) groups is 1. The minimum absolute atomic E-state index is 0.105. The van der Waals surface area contributed by atoms with Crippen molar-refractivity contribution < 1.29 is 4.79 Å². The Morgan fingerprint density at radius 1 is 1.58 bits per heavy atom. The molecule has 0 fully saturated rings. The zero-order chi connectivity index (χ0) is 8.81. The van der Waals surface area contributed by atoms with Gasteiger partial charge in [-0.15, -0.1) is 0 Å². The van der Waals surface area contributed by atoms with Gasteiger partial charge in [0.25, 0.3) is 0 Å². The average Bonchev–Trinajstić information content (AvgIpc) is 2.16. The van der Waals surface area contributed by atoms with E-state index in [1.807, 2.05) is 0 Å². The van der Waals surface area contributed by atoms with Gasteiger partial charge in [0.1, 0.15) is 0 Å². The van der Waals surface area contributed by atoms with Crippen molar-refractivity contribution in [3.8, 4) is 0 Å². The maximum atomic E-state index is 10.8. The van der Waals surface area contributed by atoms with Crippen LogP contribution in [0.3, 0.4) is 0 Å². The smallest absolute Gasteiger partial charge is 0.245 e. The molecule has 0 spiro atoms. The molecule has 1 aromatic rings. The summed E-state index contributed by atoms with van der Waals surface area (Å²) in [5.41, 5.74) is 0.895. The van der Waals surface area contributed by atoms with Crippen LogP contribution in [0.5, 0.6) is 0 Å². The van der Waals surface area contributed by atoms with Crippen molar-refractivity contribution in [3.05, 3.63) is 30.1 Å². The summed E-state index contributed by atoms with van der Waals surface area (Å²) in [6, 6.07) is 3.60. The minimum Gasteiger partial charge on any atom is -0.273 e. The van der Waals surface area contributed by atoms with Gasteiger partial charge < -0.3 is 0 Å². The van der Waals surface area contributed by atoms with E-state index in [4.69, 9.17) is 0 Å². The second kappa shape index (κ2) is 4.38. The van der Waals surface area contributed by atoms with Crippen LogP contribution < -0.4 is 0 Å². The fourth-order valence-electron chi connectivity index (χ4n) is 0.687. The lowest BCUT2D eigenvalue weighted by atomic mass is 10.3. The standard InChI is InChI=1S/C9H10N2O/c1-2-9(12)11-7-8-3-5-10-6-4-8/h3-7H,2H2,1H3. The minimum atomic E-state index is -0.105. The maximum Gasteiger partial charge on any atom is 0.245 e. The van der Waals surface area contributed by atoms with E-state index in [0.29, 0.717) is 6.42 Å². The van der Waals surface area contributed by atoms with Gasteiger partial charge in [0, 0.05) is 25.0 Å². The van der Waals surface area contributed by atoms with Crippen molar-refractivity contribution in [2.24, 2.45) is 4.99 Å². The molecule has 0 atom stereocenters. The van der Waals surface area contributed by atoms with Crippen LogP contribution in [0.25, 0.3) is 0 Å². The average molecular weight is 162 g/mol. The molecule has 0 radical (unpaired) electrons. The van der Waals surface area contributed by atoms with Crippen LogP contribution in [0, 0.1) is 0 Å². The van der Waals surface area contributed by atoms with Gasteiger partial charge in [0.2, 0.25) is 5.91 Å². The number of carbonyl (C=O) groups excluding carboxylic acids is 1. The molecule has 3 heteroatoms. The zero-order valence-electron chi connectivity index (χ0n) is 6.90. The molecule has 0 unspecified atom stereocenters. The summed E-state index contributed by atoms with van der Waals surface area (Å²) in [7, 11) is 0. The Labute approximate surface area is 71.2 Å². The number of hydrogen-bond acceptors (Lipinski definition) is 2. The van der Waals surface area contributed by atoms with Gasteiger partial charge in [-0.3, -0.25) is 9.78 Å². The summed E-state index contributed by atoms with van der Waals surface area (Å²) in [4.78, 5) is 18.3. The van der Waals surface area contributed by atoms with Gasteiger partial charge in [-0.1, -0.05) is 6.92 Å². The SMILES string of the molecule is CCC(=O)N=Cc1ccncc1. The third kappa shape index (κ3) is 2.62. The summed E-state index contributed by atoms with van der Waals surface area (Å²) in [5.74, 6) is -0.105. The van der Waals surface area contributed by atoms with E-state index >= 15 is 0 Å². The predicted octanol–water partition coefficient (Wildman–Crippen LogP) is 1.44. The Balaban J connectivity index is 2.64. The number of aromatic nitrogens is 1. The lowest BCUT2D eigenvalue weighted by Gasteiger charge is -1.88. The van der Waals surface area contributed by atoms with E-state index in [1.165, 1.54) is 0 Å². The first-order chi connectivity index (χ1) is 5.83. The first kappa shape index (κ1) is 8.59. The van der Waals surface area contributed by atoms with Crippen LogP contribution in [0.2, 0.25) is 0 Å². The number of carbonyl (C=O) groups is 1. The third-order valence-corrected chi connectivity index (χ3v) is 1.37. The van der Waals surface area contributed by atoms with E-state index in [0.717, 1.165) is 5.56 Å². The van der Waals surface area contributed by atoms with Gasteiger partial charge in [-0.05, 0) is 17.7 Å². The van der Waals surface area contributed by atoms with Crippen molar-refractivity contribution >= 4 is 12.1 Å². The van der Waals surface area contributed by atoms with E-state index in [-0.39, 0.29) is 5.91 Å². The highest BCUT2D eigenvalue weighted by Crippen LogP contribution is 1.92. The van der Waals surface area contributed by atoms with Gasteiger partial charge in [0.05, 0.1) is 0 Å². The molecule has 3 nitrogen and oxygen atoms in total. The Bertz CT molecular complexity index is 280. The molecule has 0 N–H and O–H groups in total. The summed E-state index contributed by atoms with van der Waals surface area (Å²) in [6.07, 6.45) is 5.32. The molecule has 0 aliphatic carbocycles. The van der Waals surface area contributed by atoms with Crippen molar-refractivity contribution in [1.82, 2.24) is 4.98 Å². The highest BCUT2D eigenvalue weighted by atomic mass is 16.1. The van der Waals surface area contributed by atoms with E-state index in [2.05, 4.69) is 9.98 Å². The summed E-state index contributed by atoms with van der Waals surface area (Å²) < 4.78 is 0. The van der Waals surface area contributed by atoms with Crippen LogP contribution in [-0.4, -0.2) is 17.1 Å². The van der Waals surface area contributed by atoms with Gasteiger partial charge in [-0.25, -0.2) is 4.99 Å². The number of rotatable bonds is 2. The second-order valence-corrected chi connectivity index (χ2v) is 2.29. The molecule has 0 saturated heterocycles. The molecule has 0 aliphatic heterocycles. The van der Waals surface area contributed by atoms with Crippen LogP contribution in [0.1, 0.15) is 18.9 Å². The van der Waals surface area contributed by atoms with Crippen molar-refractivity contribution in [1.29, 1.82) is 0 Å². The number of nitrogens with zero attached hydrogens (tertiary/aromatic N) is 2. The molecule has 0 aromatic carbocycles. The van der Waals surface area contributed by atoms with Gasteiger partial charge >= 0.3 is 0 Å². The maximum absolute atomic E-state index is 10.8.